The third-order valence-electron chi connectivity index (χ3n) is 2.67. The standard InChI is InChI=1S/C12H14N2O/c1-9(14-8-7-13-10(14)2)11-5-3-4-6-12(11)15/h3-9,15H,1-2H3. The molecule has 0 saturated carbocycles. The Hall–Kier alpha value is -1.77. The molecule has 1 atom stereocenters. The molecule has 78 valence electrons. The summed E-state index contributed by atoms with van der Waals surface area (Å²) in [6.45, 7) is 4.00. The quantitative estimate of drug-likeness (QED) is 0.812. The third-order valence-corrected chi connectivity index (χ3v) is 2.67. The largest absolute Gasteiger partial charge is 0.508 e. The number of phenolic OH excluding ortho intramolecular Hbond substituents is 1. The summed E-state index contributed by atoms with van der Waals surface area (Å²) in [6.07, 6.45) is 3.69. The molecule has 0 amide bonds. The number of aryl methyl sites for hydroxylation is 1. The molecule has 0 aliphatic heterocycles. The smallest absolute Gasteiger partial charge is 0.120 e. The molecule has 0 bridgehead atoms. The Bertz CT molecular complexity index is 462. The van der Waals surface area contributed by atoms with Crippen LogP contribution in [-0.4, -0.2) is 14.7 Å². The molecule has 1 heterocycles. The van der Waals surface area contributed by atoms with Crippen LogP contribution >= 0.6 is 0 Å². The van der Waals surface area contributed by atoms with E-state index in [1.807, 2.05) is 42.8 Å². The van der Waals surface area contributed by atoms with E-state index in [1.165, 1.54) is 0 Å². The van der Waals surface area contributed by atoms with Gasteiger partial charge >= 0.3 is 0 Å². The lowest BCUT2D eigenvalue weighted by molar-refractivity contribution is 0.456. The van der Waals surface area contributed by atoms with Gasteiger partial charge in [-0.15, -0.1) is 0 Å². The van der Waals surface area contributed by atoms with E-state index in [0.29, 0.717) is 5.75 Å². The van der Waals surface area contributed by atoms with E-state index >= 15 is 0 Å². The van der Waals surface area contributed by atoms with Gasteiger partial charge in [-0.2, -0.15) is 0 Å². The minimum atomic E-state index is 0.105. The van der Waals surface area contributed by atoms with Crippen molar-refractivity contribution in [2.45, 2.75) is 19.9 Å². The van der Waals surface area contributed by atoms with Gasteiger partial charge in [0.15, 0.2) is 0 Å². The topological polar surface area (TPSA) is 38.0 Å². The molecule has 0 aliphatic rings. The number of phenols is 1. The second-order valence-corrected chi connectivity index (χ2v) is 3.62. The average Bonchev–Trinajstić information content (AvgIpc) is 2.64. The molecular formula is C12H14N2O. The van der Waals surface area contributed by atoms with E-state index in [4.69, 9.17) is 0 Å². The highest BCUT2D eigenvalue weighted by molar-refractivity contribution is 5.34. The van der Waals surface area contributed by atoms with Crippen molar-refractivity contribution < 1.29 is 5.11 Å². The van der Waals surface area contributed by atoms with Crippen molar-refractivity contribution in [1.29, 1.82) is 0 Å². The number of hydrogen-bond acceptors (Lipinski definition) is 2. The fourth-order valence-corrected chi connectivity index (χ4v) is 1.79. The number of para-hydroxylation sites is 1. The Kier molecular flexibility index (Phi) is 2.46. The molecule has 1 N–H and O–H groups in total. The van der Waals surface area contributed by atoms with Gasteiger partial charge in [-0.05, 0) is 19.9 Å². The molecule has 2 aromatic rings. The highest BCUT2D eigenvalue weighted by Crippen LogP contribution is 2.26. The maximum atomic E-state index is 9.74. The number of nitrogens with zero attached hydrogens (tertiary/aromatic N) is 2. The average molecular weight is 202 g/mol. The van der Waals surface area contributed by atoms with E-state index in [9.17, 15) is 5.11 Å². The number of aromatic nitrogens is 2. The van der Waals surface area contributed by atoms with Crippen molar-refractivity contribution in [2.75, 3.05) is 0 Å². The fraction of sp³-hybridized carbons (Fsp3) is 0.250. The van der Waals surface area contributed by atoms with Gasteiger partial charge in [-0.1, -0.05) is 18.2 Å². The van der Waals surface area contributed by atoms with Crippen LogP contribution < -0.4 is 0 Å². The summed E-state index contributed by atoms with van der Waals surface area (Å²) < 4.78 is 2.04. The first-order valence-electron chi connectivity index (χ1n) is 4.97. The monoisotopic (exact) mass is 202 g/mol. The van der Waals surface area contributed by atoms with Crippen LogP contribution in [0.15, 0.2) is 36.7 Å². The lowest BCUT2D eigenvalue weighted by Gasteiger charge is -2.16. The molecule has 3 nitrogen and oxygen atoms in total. The van der Waals surface area contributed by atoms with E-state index in [1.54, 1.807) is 12.3 Å². The molecule has 0 saturated heterocycles. The van der Waals surface area contributed by atoms with Crippen molar-refractivity contribution in [1.82, 2.24) is 9.55 Å². The molecular weight excluding hydrogens is 188 g/mol. The SMILES string of the molecule is Cc1nccn1C(C)c1ccccc1O. The van der Waals surface area contributed by atoms with E-state index in [-0.39, 0.29) is 6.04 Å². The van der Waals surface area contributed by atoms with Crippen molar-refractivity contribution in [3.63, 3.8) is 0 Å². The number of imidazole rings is 1. The second-order valence-electron chi connectivity index (χ2n) is 3.62. The summed E-state index contributed by atoms with van der Waals surface area (Å²) in [6, 6.07) is 7.50. The van der Waals surface area contributed by atoms with Gasteiger partial charge in [0.05, 0.1) is 6.04 Å². The molecule has 0 fully saturated rings. The Morgan fingerprint density at radius 1 is 1.33 bits per heavy atom. The molecule has 0 aliphatic carbocycles. The maximum Gasteiger partial charge on any atom is 0.120 e. The van der Waals surface area contributed by atoms with Gasteiger partial charge in [0.2, 0.25) is 0 Å². The summed E-state index contributed by atoms with van der Waals surface area (Å²) in [5.41, 5.74) is 0.915. The minimum absolute atomic E-state index is 0.105. The summed E-state index contributed by atoms with van der Waals surface area (Å²) in [4.78, 5) is 4.17. The van der Waals surface area contributed by atoms with Crippen molar-refractivity contribution >= 4 is 0 Å². The van der Waals surface area contributed by atoms with Crippen molar-refractivity contribution in [2.24, 2.45) is 0 Å². The molecule has 15 heavy (non-hydrogen) atoms. The first-order valence-corrected chi connectivity index (χ1v) is 4.97. The van der Waals surface area contributed by atoms with Crippen molar-refractivity contribution in [3.8, 4) is 5.75 Å². The van der Waals surface area contributed by atoms with Gasteiger partial charge in [-0.3, -0.25) is 0 Å². The van der Waals surface area contributed by atoms with E-state index in [0.717, 1.165) is 11.4 Å². The summed E-state index contributed by atoms with van der Waals surface area (Å²) in [5.74, 6) is 1.28. The molecule has 1 unspecified atom stereocenters. The summed E-state index contributed by atoms with van der Waals surface area (Å²) in [5, 5.41) is 9.74. The maximum absolute atomic E-state index is 9.74. The first-order chi connectivity index (χ1) is 7.20. The van der Waals surface area contributed by atoms with Gasteiger partial charge < -0.3 is 9.67 Å². The van der Waals surface area contributed by atoms with Crippen LogP contribution in [0.1, 0.15) is 24.4 Å². The zero-order chi connectivity index (χ0) is 10.8. The fourth-order valence-electron chi connectivity index (χ4n) is 1.79. The van der Waals surface area contributed by atoms with Crippen LogP contribution in [0.3, 0.4) is 0 Å². The van der Waals surface area contributed by atoms with Crippen molar-refractivity contribution in [3.05, 3.63) is 48.0 Å². The van der Waals surface area contributed by atoms with Crippen LogP contribution in [0, 0.1) is 6.92 Å². The summed E-state index contributed by atoms with van der Waals surface area (Å²) in [7, 11) is 0. The van der Waals surface area contributed by atoms with Gasteiger partial charge in [0.25, 0.3) is 0 Å². The highest BCUT2D eigenvalue weighted by Gasteiger charge is 2.12. The van der Waals surface area contributed by atoms with E-state index < -0.39 is 0 Å². The predicted molar refractivity (Wildman–Crippen MR) is 58.9 cm³/mol. The molecule has 1 aromatic carbocycles. The van der Waals surface area contributed by atoms with Crippen LogP contribution in [0.4, 0.5) is 0 Å². The van der Waals surface area contributed by atoms with Crippen LogP contribution in [0.2, 0.25) is 0 Å². The Morgan fingerprint density at radius 3 is 2.67 bits per heavy atom. The zero-order valence-electron chi connectivity index (χ0n) is 8.88. The number of hydrogen-bond donors (Lipinski definition) is 1. The lowest BCUT2D eigenvalue weighted by Crippen LogP contribution is -2.07. The number of benzene rings is 1. The molecule has 0 spiro atoms. The van der Waals surface area contributed by atoms with Gasteiger partial charge in [0.1, 0.15) is 11.6 Å². The molecule has 3 heteroatoms. The zero-order valence-corrected chi connectivity index (χ0v) is 8.88. The van der Waals surface area contributed by atoms with Gasteiger partial charge in [-0.25, -0.2) is 4.98 Å². The van der Waals surface area contributed by atoms with Crippen LogP contribution in [0.25, 0.3) is 0 Å². The minimum Gasteiger partial charge on any atom is -0.508 e. The molecule has 0 radical (unpaired) electrons. The Balaban J connectivity index is 2.41. The predicted octanol–water partition coefficient (Wildman–Crippen LogP) is 2.51. The van der Waals surface area contributed by atoms with Crippen LogP contribution in [-0.2, 0) is 0 Å². The summed E-state index contributed by atoms with van der Waals surface area (Å²) >= 11 is 0. The second kappa shape index (κ2) is 3.77. The van der Waals surface area contributed by atoms with Gasteiger partial charge in [0, 0.05) is 18.0 Å². The lowest BCUT2D eigenvalue weighted by atomic mass is 10.1. The normalized spacial score (nSPS) is 12.7. The Labute approximate surface area is 89.0 Å². The molecule has 1 aromatic heterocycles. The Morgan fingerprint density at radius 2 is 2.07 bits per heavy atom. The highest BCUT2D eigenvalue weighted by atomic mass is 16.3. The van der Waals surface area contributed by atoms with Crippen LogP contribution in [0.5, 0.6) is 5.75 Å². The van der Waals surface area contributed by atoms with E-state index in [2.05, 4.69) is 4.98 Å². The first kappa shape index (κ1) is 9.77. The number of rotatable bonds is 2. The number of aromatic hydroxyl groups is 1. The molecule has 2 rings (SSSR count). The third kappa shape index (κ3) is 1.73.